The van der Waals surface area contributed by atoms with Crippen molar-refractivity contribution in [1.29, 1.82) is 0 Å². The van der Waals surface area contributed by atoms with Crippen molar-refractivity contribution in [3.8, 4) is 0 Å². The molecule has 0 saturated carbocycles. The first-order chi connectivity index (χ1) is 10.2. The van der Waals surface area contributed by atoms with Gasteiger partial charge < -0.3 is 10.2 Å². The van der Waals surface area contributed by atoms with Crippen molar-refractivity contribution < 1.29 is 4.39 Å². The van der Waals surface area contributed by atoms with E-state index in [4.69, 9.17) is 11.6 Å². The van der Waals surface area contributed by atoms with Gasteiger partial charge >= 0.3 is 0 Å². The largest absolute Gasteiger partial charge is 0.381 e. The molecule has 4 heteroatoms. The minimum absolute atomic E-state index is 0.306. The van der Waals surface area contributed by atoms with Gasteiger partial charge in [0.1, 0.15) is 5.82 Å². The smallest absolute Gasteiger partial charge is 0.124 e. The van der Waals surface area contributed by atoms with Crippen molar-refractivity contribution in [2.45, 2.75) is 19.4 Å². The average molecular weight is 305 g/mol. The van der Waals surface area contributed by atoms with Crippen LogP contribution < -0.4 is 10.2 Å². The van der Waals surface area contributed by atoms with E-state index in [0.717, 1.165) is 24.3 Å². The molecule has 1 fully saturated rings. The van der Waals surface area contributed by atoms with Crippen molar-refractivity contribution in [3.63, 3.8) is 0 Å². The fourth-order valence-electron chi connectivity index (χ4n) is 2.65. The lowest BCUT2D eigenvalue weighted by atomic mass is 10.2. The van der Waals surface area contributed by atoms with Crippen molar-refractivity contribution in [2.24, 2.45) is 0 Å². The van der Waals surface area contributed by atoms with E-state index in [1.807, 2.05) is 6.07 Å². The third-order valence-corrected chi connectivity index (χ3v) is 4.17. The Hall–Kier alpha value is -1.74. The maximum Gasteiger partial charge on any atom is 0.124 e. The van der Waals surface area contributed by atoms with E-state index in [1.54, 1.807) is 6.07 Å². The van der Waals surface area contributed by atoms with Crippen LogP contribution in [0.25, 0.3) is 0 Å². The summed E-state index contributed by atoms with van der Waals surface area (Å²) in [4.78, 5) is 2.40. The summed E-state index contributed by atoms with van der Waals surface area (Å²) in [6.45, 7) is 2.85. The van der Waals surface area contributed by atoms with Gasteiger partial charge in [0.15, 0.2) is 0 Å². The number of benzene rings is 2. The SMILES string of the molecule is Fc1ccc(CNc2cccc(N3CCCC3)c2)c(Cl)c1. The number of rotatable bonds is 4. The molecule has 0 unspecified atom stereocenters. The zero-order valence-corrected chi connectivity index (χ0v) is 12.5. The number of anilines is 2. The fourth-order valence-corrected chi connectivity index (χ4v) is 2.88. The molecule has 2 aromatic rings. The van der Waals surface area contributed by atoms with Gasteiger partial charge in [-0.1, -0.05) is 23.7 Å². The summed E-state index contributed by atoms with van der Waals surface area (Å²) in [6, 6.07) is 12.9. The predicted octanol–water partition coefficient (Wildman–Crippen LogP) is 4.69. The second-order valence-electron chi connectivity index (χ2n) is 5.33. The van der Waals surface area contributed by atoms with Gasteiger partial charge in [0.2, 0.25) is 0 Å². The Bertz CT molecular complexity index is 624. The predicted molar refractivity (Wildman–Crippen MR) is 86.6 cm³/mol. The highest BCUT2D eigenvalue weighted by Crippen LogP contribution is 2.24. The molecule has 0 spiro atoms. The van der Waals surface area contributed by atoms with Crippen molar-refractivity contribution in [3.05, 3.63) is 58.9 Å². The Kier molecular flexibility index (Phi) is 4.30. The molecule has 110 valence electrons. The Labute approximate surface area is 129 Å². The molecule has 2 aromatic carbocycles. The molecule has 0 amide bonds. The third kappa shape index (κ3) is 3.48. The first-order valence-electron chi connectivity index (χ1n) is 7.25. The summed E-state index contributed by atoms with van der Waals surface area (Å²) in [5.74, 6) is -0.306. The molecule has 1 heterocycles. The lowest BCUT2D eigenvalue weighted by molar-refractivity contribution is 0.627. The second kappa shape index (κ2) is 6.35. The molecular formula is C17H18ClFN2. The van der Waals surface area contributed by atoms with Gasteiger partial charge in [-0.05, 0) is 48.7 Å². The Morgan fingerprint density at radius 1 is 1.10 bits per heavy atom. The Balaban J connectivity index is 1.68. The monoisotopic (exact) mass is 304 g/mol. The molecule has 0 bridgehead atoms. The number of hydrogen-bond acceptors (Lipinski definition) is 2. The highest BCUT2D eigenvalue weighted by molar-refractivity contribution is 6.31. The van der Waals surface area contributed by atoms with Gasteiger partial charge in [-0.2, -0.15) is 0 Å². The number of hydrogen-bond donors (Lipinski definition) is 1. The van der Waals surface area contributed by atoms with Crippen LogP contribution in [-0.4, -0.2) is 13.1 Å². The Morgan fingerprint density at radius 2 is 1.90 bits per heavy atom. The topological polar surface area (TPSA) is 15.3 Å². The molecule has 21 heavy (non-hydrogen) atoms. The molecule has 0 aromatic heterocycles. The summed E-state index contributed by atoms with van der Waals surface area (Å²) in [7, 11) is 0. The van der Waals surface area contributed by atoms with E-state index >= 15 is 0 Å². The van der Waals surface area contributed by atoms with Gasteiger partial charge in [0.25, 0.3) is 0 Å². The van der Waals surface area contributed by atoms with Crippen LogP contribution in [0.3, 0.4) is 0 Å². The Morgan fingerprint density at radius 3 is 2.67 bits per heavy atom. The molecule has 1 aliphatic rings. The molecule has 2 nitrogen and oxygen atoms in total. The van der Waals surface area contributed by atoms with Crippen LogP contribution in [-0.2, 0) is 6.54 Å². The quantitative estimate of drug-likeness (QED) is 0.881. The number of nitrogens with zero attached hydrogens (tertiary/aromatic N) is 1. The van der Waals surface area contributed by atoms with Crippen LogP contribution in [0.4, 0.5) is 15.8 Å². The van der Waals surface area contributed by atoms with E-state index in [9.17, 15) is 4.39 Å². The number of nitrogens with one attached hydrogen (secondary N) is 1. The van der Waals surface area contributed by atoms with Crippen molar-refractivity contribution in [2.75, 3.05) is 23.3 Å². The first-order valence-corrected chi connectivity index (χ1v) is 7.63. The van der Waals surface area contributed by atoms with E-state index in [2.05, 4.69) is 28.4 Å². The lowest BCUT2D eigenvalue weighted by Gasteiger charge is -2.18. The standard InChI is InChI=1S/C17H18ClFN2/c18-17-10-14(19)7-6-13(17)12-20-15-4-3-5-16(11-15)21-8-1-2-9-21/h3-7,10-11,20H,1-2,8-9,12H2. The minimum atomic E-state index is -0.306. The van der Waals surface area contributed by atoms with Gasteiger partial charge in [-0.15, -0.1) is 0 Å². The van der Waals surface area contributed by atoms with Crippen LogP contribution in [0.5, 0.6) is 0 Å². The molecule has 3 rings (SSSR count). The fraction of sp³-hybridized carbons (Fsp3) is 0.294. The van der Waals surface area contributed by atoms with Crippen LogP contribution in [0.1, 0.15) is 18.4 Å². The first kappa shape index (κ1) is 14.2. The van der Waals surface area contributed by atoms with Crippen LogP contribution >= 0.6 is 11.6 Å². The summed E-state index contributed by atoms with van der Waals surface area (Å²) < 4.78 is 13.0. The van der Waals surface area contributed by atoms with E-state index in [1.165, 1.54) is 30.7 Å². The molecule has 0 aliphatic carbocycles. The van der Waals surface area contributed by atoms with E-state index < -0.39 is 0 Å². The van der Waals surface area contributed by atoms with Crippen molar-refractivity contribution >= 4 is 23.0 Å². The van der Waals surface area contributed by atoms with Gasteiger partial charge in [-0.3, -0.25) is 0 Å². The zero-order chi connectivity index (χ0) is 14.7. The van der Waals surface area contributed by atoms with Crippen molar-refractivity contribution in [1.82, 2.24) is 0 Å². The van der Waals surface area contributed by atoms with Crippen LogP contribution in [0, 0.1) is 5.82 Å². The maximum absolute atomic E-state index is 13.0. The van der Waals surface area contributed by atoms with E-state index in [-0.39, 0.29) is 5.82 Å². The summed E-state index contributed by atoms with van der Waals surface area (Å²) >= 11 is 6.04. The molecule has 0 atom stereocenters. The average Bonchev–Trinajstić information content (AvgIpc) is 3.01. The molecule has 1 aliphatic heterocycles. The second-order valence-corrected chi connectivity index (χ2v) is 5.74. The third-order valence-electron chi connectivity index (χ3n) is 3.82. The summed E-state index contributed by atoms with van der Waals surface area (Å²) in [6.07, 6.45) is 2.53. The van der Waals surface area contributed by atoms with E-state index in [0.29, 0.717) is 11.6 Å². The number of halogens is 2. The lowest BCUT2D eigenvalue weighted by Crippen LogP contribution is -2.17. The molecule has 1 saturated heterocycles. The van der Waals surface area contributed by atoms with Gasteiger partial charge in [0, 0.05) is 36.0 Å². The molecular weight excluding hydrogens is 287 g/mol. The summed E-state index contributed by atoms with van der Waals surface area (Å²) in [5.41, 5.74) is 3.20. The molecule has 0 radical (unpaired) electrons. The van der Waals surface area contributed by atoms with Crippen LogP contribution in [0.2, 0.25) is 5.02 Å². The molecule has 1 N–H and O–H groups in total. The van der Waals surface area contributed by atoms with Gasteiger partial charge in [0.05, 0.1) is 0 Å². The maximum atomic E-state index is 13.0. The zero-order valence-electron chi connectivity index (χ0n) is 11.8. The van der Waals surface area contributed by atoms with Gasteiger partial charge in [-0.25, -0.2) is 4.39 Å². The van der Waals surface area contributed by atoms with Crippen LogP contribution in [0.15, 0.2) is 42.5 Å². The highest BCUT2D eigenvalue weighted by Gasteiger charge is 2.12. The minimum Gasteiger partial charge on any atom is -0.381 e. The highest BCUT2D eigenvalue weighted by atomic mass is 35.5. The normalized spacial score (nSPS) is 14.5. The summed E-state index contributed by atoms with van der Waals surface area (Å²) in [5, 5.41) is 3.81.